The first-order valence-corrected chi connectivity index (χ1v) is 5.50. The summed E-state index contributed by atoms with van der Waals surface area (Å²) in [6, 6.07) is -0.529. The van der Waals surface area contributed by atoms with Gasteiger partial charge in [-0.2, -0.15) is 0 Å². The van der Waals surface area contributed by atoms with Gasteiger partial charge in [-0.25, -0.2) is 14.4 Å². The Bertz CT molecular complexity index is 483. The van der Waals surface area contributed by atoms with Gasteiger partial charge in [0, 0.05) is 0 Å². The second-order valence-electron chi connectivity index (χ2n) is 4.56. The Kier molecular flexibility index (Phi) is 3.16. The molecule has 2 heterocycles. The van der Waals surface area contributed by atoms with E-state index in [0.29, 0.717) is 0 Å². The Balaban J connectivity index is 2.24. The van der Waals surface area contributed by atoms with Crippen molar-refractivity contribution in [3.63, 3.8) is 0 Å². The van der Waals surface area contributed by atoms with Crippen LogP contribution < -0.4 is 5.32 Å². The summed E-state index contributed by atoms with van der Waals surface area (Å²) >= 11 is 0. The number of aryl methyl sites for hydroxylation is 1. The van der Waals surface area contributed by atoms with Crippen LogP contribution in [0.5, 0.6) is 0 Å². The molecular formula is C11H14FN3O3. The van der Waals surface area contributed by atoms with Gasteiger partial charge in [0.25, 0.3) is 0 Å². The topological polar surface area (TPSA) is 84.3 Å². The van der Waals surface area contributed by atoms with Crippen molar-refractivity contribution in [3.05, 3.63) is 17.8 Å². The number of rotatable bonds is 3. The number of carbonyl (C=O) groups is 1. The van der Waals surface area contributed by atoms with Crippen LogP contribution in [0.4, 0.5) is 10.2 Å². The minimum atomic E-state index is -1.09. The number of aliphatic carboxylic acids is 1. The van der Waals surface area contributed by atoms with Gasteiger partial charge in [-0.15, -0.1) is 0 Å². The van der Waals surface area contributed by atoms with Crippen molar-refractivity contribution in [2.45, 2.75) is 19.9 Å². The molecule has 18 heavy (non-hydrogen) atoms. The fourth-order valence-electron chi connectivity index (χ4n) is 1.81. The van der Waals surface area contributed by atoms with Gasteiger partial charge in [0.1, 0.15) is 11.7 Å². The lowest BCUT2D eigenvalue weighted by Gasteiger charge is -2.25. The maximum atomic E-state index is 13.7. The molecule has 2 atom stereocenters. The van der Waals surface area contributed by atoms with E-state index >= 15 is 0 Å². The predicted octanol–water partition coefficient (Wildman–Crippen LogP) is 0.826. The fourth-order valence-corrected chi connectivity index (χ4v) is 1.81. The Morgan fingerprint density at radius 3 is 3.06 bits per heavy atom. The standard InChI is InChI=1S/C11H14FN3O3/c1-6-8(12)9(14-5-13-6)15-7-3-18-4-11(7,2)10(16)17/h5,7H,3-4H2,1-2H3,(H,16,17)(H,13,14,15). The summed E-state index contributed by atoms with van der Waals surface area (Å²) < 4.78 is 18.9. The minimum absolute atomic E-state index is 0.00507. The highest BCUT2D eigenvalue weighted by atomic mass is 19.1. The average Bonchev–Trinajstić information content (AvgIpc) is 2.68. The zero-order valence-electron chi connectivity index (χ0n) is 10.1. The van der Waals surface area contributed by atoms with Crippen LogP contribution in [0, 0.1) is 18.2 Å². The molecule has 1 fully saturated rings. The number of aromatic nitrogens is 2. The van der Waals surface area contributed by atoms with Crippen LogP contribution >= 0.6 is 0 Å². The summed E-state index contributed by atoms with van der Waals surface area (Å²) in [4.78, 5) is 18.7. The Hall–Kier alpha value is -1.76. The first-order chi connectivity index (χ1) is 8.45. The number of carboxylic acid groups (broad SMARTS) is 1. The average molecular weight is 255 g/mol. The van der Waals surface area contributed by atoms with Gasteiger partial charge >= 0.3 is 5.97 Å². The highest BCUT2D eigenvalue weighted by molar-refractivity contribution is 5.76. The van der Waals surface area contributed by atoms with Crippen LogP contribution in [0.25, 0.3) is 0 Å². The van der Waals surface area contributed by atoms with E-state index in [0.717, 1.165) is 0 Å². The van der Waals surface area contributed by atoms with Crippen molar-refractivity contribution in [3.8, 4) is 0 Å². The lowest BCUT2D eigenvalue weighted by atomic mass is 9.85. The normalized spacial score (nSPS) is 27.2. The van der Waals surface area contributed by atoms with Crippen LogP contribution in [-0.2, 0) is 9.53 Å². The van der Waals surface area contributed by atoms with E-state index < -0.39 is 23.2 Å². The summed E-state index contributed by atoms with van der Waals surface area (Å²) in [6.07, 6.45) is 1.23. The van der Waals surface area contributed by atoms with Gasteiger partial charge in [0.05, 0.1) is 24.9 Å². The van der Waals surface area contributed by atoms with Crippen molar-refractivity contribution in [1.82, 2.24) is 9.97 Å². The zero-order valence-corrected chi connectivity index (χ0v) is 10.1. The van der Waals surface area contributed by atoms with Gasteiger partial charge < -0.3 is 15.2 Å². The molecule has 1 aliphatic heterocycles. The van der Waals surface area contributed by atoms with Gasteiger partial charge in [0.2, 0.25) is 0 Å². The zero-order chi connectivity index (χ0) is 13.3. The second-order valence-corrected chi connectivity index (χ2v) is 4.56. The molecule has 1 aromatic rings. The molecule has 1 saturated heterocycles. The summed E-state index contributed by atoms with van der Waals surface area (Å²) in [5.41, 5.74) is -0.880. The molecule has 0 saturated carbocycles. The lowest BCUT2D eigenvalue weighted by molar-refractivity contribution is -0.148. The van der Waals surface area contributed by atoms with E-state index in [1.807, 2.05) is 0 Å². The molecular weight excluding hydrogens is 241 g/mol. The van der Waals surface area contributed by atoms with E-state index in [4.69, 9.17) is 4.74 Å². The molecule has 0 bridgehead atoms. The monoisotopic (exact) mass is 255 g/mol. The van der Waals surface area contributed by atoms with Gasteiger partial charge in [-0.1, -0.05) is 0 Å². The molecule has 98 valence electrons. The summed E-state index contributed by atoms with van der Waals surface area (Å²) in [7, 11) is 0. The molecule has 2 unspecified atom stereocenters. The number of hydrogen-bond acceptors (Lipinski definition) is 5. The number of nitrogens with zero attached hydrogens (tertiary/aromatic N) is 2. The third-order valence-electron chi connectivity index (χ3n) is 3.22. The highest BCUT2D eigenvalue weighted by Gasteiger charge is 2.47. The first-order valence-electron chi connectivity index (χ1n) is 5.50. The van der Waals surface area contributed by atoms with Gasteiger partial charge in [0.15, 0.2) is 11.6 Å². The molecule has 7 heteroatoms. The van der Waals surface area contributed by atoms with Crippen molar-refractivity contribution in [1.29, 1.82) is 0 Å². The van der Waals surface area contributed by atoms with E-state index in [1.54, 1.807) is 6.92 Å². The van der Waals surface area contributed by atoms with E-state index in [1.165, 1.54) is 13.3 Å². The predicted molar refractivity (Wildman–Crippen MR) is 60.7 cm³/mol. The smallest absolute Gasteiger partial charge is 0.313 e. The van der Waals surface area contributed by atoms with Crippen molar-refractivity contribution in [2.75, 3.05) is 18.5 Å². The van der Waals surface area contributed by atoms with Crippen molar-refractivity contribution >= 4 is 11.8 Å². The molecule has 2 N–H and O–H groups in total. The number of carboxylic acids is 1. The lowest BCUT2D eigenvalue weighted by Crippen LogP contribution is -2.43. The SMILES string of the molecule is Cc1ncnc(NC2COCC2(C)C(=O)O)c1F. The van der Waals surface area contributed by atoms with Crippen LogP contribution in [0.15, 0.2) is 6.33 Å². The molecule has 0 aromatic carbocycles. The number of hydrogen-bond donors (Lipinski definition) is 2. The molecule has 0 radical (unpaired) electrons. The van der Waals surface area contributed by atoms with Gasteiger partial charge in [-0.3, -0.25) is 4.79 Å². The molecule has 6 nitrogen and oxygen atoms in total. The van der Waals surface area contributed by atoms with Crippen LogP contribution in [0.1, 0.15) is 12.6 Å². The number of ether oxygens (including phenoxy) is 1. The molecule has 0 aliphatic carbocycles. The van der Waals surface area contributed by atoms with Crippen LogP contribution in [0.3, 0.4) is 0 Å². The summed E-state index contributed by atoms with van der Waals surface area (Å²) in [5, 5.41) is 12.0. The Morgan fingerprint density at radius 1 is 1.67 bits per heavy atom. The highest BCUT2D eigenvalue weighted by Crippen LogP contribution is 2.31. The maximum Gasteiger partial charge on any atom is 0.313 e. The summed E-state index contributed by atoms with van der Waals surface area (Å²) in [5.74, 6) is -1.55. The fraction of sp³-hybridized carbons (Fsp3) is 0.545. The molecule has 0 amide bonds. The number of halogens is 1. The van der Waals surface area contributed by atoms with Crippen molar-refractivity contribution in [2.24, 2.45) is 5.41 Å². The molecule has 1 aliphatic rings. The third kappa shape index (κ3) is 2.01. The number of anilines is 1. The van der Waals surface area contributed by atoms with E-state index in [-0.39, 0.29) is 24.7 Å². The molecule has 2 rings (SSSR count). The Labute approximate surface area is 103 Å². The first kappa shape index (κ1) is 12.7. The summed E-state index contributed by atoms with van der Waals surface area (Å²) in [6.45, 7) is 3.37. The maximum absolute atomic E-state index is 13.7. The molecule has 1 aromatic heterocycles. The third-order valence-corrected chi connectivity index (χ3v) is 3.22. The van der Waals surface area contributed by atoms with Crippen molar-refractivity contribution < 1.29 is 19.0 Å². The van der Waals surface area contributed by atoms with E-state index in [2.05, 4.69) is 15.3 Å². The van der Waals surface area contributed by atoms with Crippen LogP contribution in [0.2, 0.25) is 0 Å². The minimum Gasteiger partial charge on any atom is -0.481 e. The second kappa shape index (κ2) is 4.49. The largest absolute Gasteiger partial charge is 0.481 e. The number of nitrogens with one attached hydrogen (secondary N) is 1. The quantitative estimate of drug-likeness (QED) is 0.832. The van der Waals surface area contributed by atoms with E-state index in [9.17, 15) is 14.3 Å². The molecule has 0 spiro atoms. The van der Waals surface area contributed by atoms with Crippen LogP contribution in [-0.4, -0.2) is 40.3 Å². The Morgan fingerprint density at radius 2 is 2.39 bits per heavy atom. The van der Waals surface area contributed by atoms with Gasteiger partial charge in [-0.05, 0) is 13.8 Å².